The SMILES string of the molecule is CC(C)(C(=O)OCC(=O)c1ccccc1)n1c(=O)[nH]c2cc(F)c(F)cc2c1=O. The number of fused-ring (bicyclic) bond motifs is 1. The first-order valence-corrected chi connectivity index (χ1v) is 8.53. The second-order valence-electron chi connectivity index (χ2n) is 6.81. The van der Waals surface area contributed by atoms with E-state index in [-0.39, 0.29) is 10.9 Å². The maximum Gasteiger partial charge on any atom is 0.332 e. The molecule has 0 aliphatic heterocycles. The molecule has 0 saturated carbocycles. The number of aromatic nitrogens is 2. The van der Waals surface area contributed by atoms with E-state index in [1.165, 1.54) is 13.8 Å². The molecule has 0 bridgehead atoms. The molecule has 7 nitrogen and oxygen atoms in total. The number of nitrogens with one attached hydrogen (secondary N) is 1. The molecule has 3 rings (SSSR count). The van der Waals surface area contributed by atoms with Gasteiger partial charge in [-0.1, -0.05) is 30.3 Å². The molecular formula is C20H16F2N2O5. The van der Waals surface area contributed by atoms with Crippen molar-refractivity contribution in [2.24, 2.45) is 0 Å². The predicted molar refractivity (Wildman–Crippen MR) is 99.8 cm³/mol. The average molecular weight is 402 g/mol. The topological polar surface area (TPSA) is 98.2 Å². The van der Waals surface area contributed by atoms with Crippen LogP contribution in [0.5, 0.6) is 0 Å². The summed E-state index contributed by atoms with van der Waals surface area (Å²) >= 11 is 0. The van der Waals surface area contributed by atoms with E-state index in [1.807, 2.05) is 0 Å². The molecule has 0 radical (unpaired) electrons. The van der Waals surface area contributed by atoms with E-state index < -0.39 is 46.8 Å². The molecule has 0 spiro atoms. The molecule has 0 fully saturated rings. The number of halogens is 2. The van der Waals surface area contributed by atoms with Crippen molar-refractivity contribution in [2.75, 3.05) is 6.61 Å². The molecule has 0 aliphatic rings. The minimum Gasteiger partial charge on any atom is -0.456 e. The molecule has 1 heterocycles. The summed E-state index contributed by atoms with van der Waals surface area (Å²) in [5, 5.41) is -0.315. The lowest BCUT2D eigenvalue weighted by Crippen LogP contribution is -2.51. The number of ether oxygens (including phenoxy) is 1. The van der Waals surface area contributed by atoms with Crippen LogP contribution in [0.2, 0.25) is 0 Å². The monoisotopic (exact) mass is 402 g/mol. The van der Waals surface area contributed by atoms with Crippen molar-refractivity contribution in [1.29, 1.82) is 0 Å². The van der Waals surface area contributed by atoms with Crippen LogP contribution in [-0.4, -0.2) is 27.9 Å². The van der Waals surface area contributed by atoms with Crippen LogP contribution in [0.3, 0.4) is 0 Å². The highest BCUT2D eigenvalue weighted by Gasteiger charge is 2.35. The van der Waals surface area contributed by atoms with Crippen LogP contribution in [0, 0.1) is 11.6 Å². The third-order valence-corrected chi connectivity index (χ3v) is 4.43. The van der Waals surface area contributed by atoms with Gasteiger partial charge >= 0.3 is 11.7 Å². The van der Waals surface area contributed by atoms with E-state index in [9.17, 15) is 28.0 Å². The number of ketones is 1. The lowest BCUT2D eigenvalue weighted by molar-refractivity contribution is -0.151. The van der Waals surface area contributed by atoms with E-state index in [0.29, 0.717) is 22.3 Å². The van der Waals surface area contributed by atoms with Gasteiger partial charge in [0.15, 0.2) is 24.0 Å². The highest BCUT2D eigenvalue weighted by atomic mass is 19.2. The molecule has 0 saturated heterocycles. The van der Waals surface area contributed by atoms with Gasteiger partial charge in [-0.3, -0.25) is 9.59 Å². The first-order chi connectivity index (χ1) is 13.6. The second-order valence-corrected chi connectivity index (χ2v) is 6.81. The summed E-state index contributed by atoms with van der Waals surface area (Å²) in [5.41, 5.74) is -3.71. The van der Waals surface area contributed by atoms with Crippen molar-refractivity contribution < 1.29 is 23.1 Å². The normalized spacial score (nSPS) is 11.4. The number of rotatable bonds is 5. The second kappa shape index (κ2) is 7.42. The number of Topliss-reactive ketones (excluding diaryl/α,β-unsaturated/α-hetero) is 1. The maximum atomic E-state index is 13.5. The quantitative estimate of drug-likeness (QED) is 0.521. The fraction of sp³-hybridized carbons (Fsp3) is 0.200. The Labute approximate surface area is 162 Å². The van der Waals surface area contributed by atoms with Crippen molar-refractivity contribution in [1.82, 2.24) is 9.55 Å². The van der Waals surface area contributed by atoms with Crippen LogP contribution in [0.25, 0.3) is 10.9 Å². The van der Waals surface area contributed by atoms with Gasteiger partial charge in [-0.2, -0.15) is 0 Å². The Morgan fingerprint density at radius 1 is 1.07 bits per heavy atom. The zero-order chi connectivity index (χ0) is 21.3. The summed E-state index contributed by atoms with van der Waals surface area (Å²) in [6.45, 7) is 1.89. The zero-order valence-electron chi connectivity index (χ0n) is 15.5. The van der Waals surface area contributed by atoms with Crippen LogP contribution >= 0.6 is 0 Å². The Bertz CT molecular complexity index is 1230. The van der Waals surface area contributed by atoms with Gasteiger partial charge in [0.05, 0.1) is 10.9 Å². The van der Waals surface area contributed by atoms with Crippen molar-refractivity contribution in [3.63, 3.8) is 0 Å². The Morgan fingerprint density at radius 3 is 2.34 bits per heavy atom. The van der Waals surface area contributed by atoms with Crippen molar-refractivity contribution in [2.45, 2.75) is 19.4 Å². The Balaban J connectivity index is 1.94. The number of H-pyrrole nitrogens is 1. The molecule has 150 valence electrons. The molecule has 1 aromatic heterocycles. The lowest BCUT2D eigenvalue weighted by atomic mass is 10.1. The van der Waals surface area contributed by atoms with Gasteiger partial charge < -0.3 is 9.72 Å². The number of nitrogens with zero attached hydrogens (tertiary/aromatic N) is 1. The lowest BCUT2D eigenvalue weighted by Gasteiger charge is -2.24. The summed E-state index contributed by atoms with van der Waals surface area (Å²) in [6, 6.07) is 9.44. The van der Waals surface area contributed by atoms with Gasteiger partial charge in [0.2, 0.25) is 0 Å². The smallest absolute Gasteiger partial charge is 0.332 e. The number of esters is 1. The number of hydrogen-bond donors (Lipinski definition) is 1. The summed E-state index contributed by atoms with van der Waals surface area (Å²) < 4.78 is 32.5. The molecular weight excluding hydrogens is 386 g/mol. The first-order valence-electron chi connectivity index (χ1n) is 8.53. The van der Waals surface area contributed by atoms with E-state index in [4.69, 9.17) is 4.74 Å². The average Bonchev–Trinajstić information content (AvgIpc) is 2.68. The standard InChI is InChI=1S/C20H16F2N2O5/c1-20(2,18(27)29-10-16(25)11-6-4-3-5-7-11)24-17(26)12-8-13(21)14(22)9-15(12)23-19(24)28/h3-9H,10H2,1-2H3,(H,23,28). The van der Waals surface area contributed by atoms with Gasteiger partial charge in [0.25, 0.3) is 5.56 Å². The van der Waals surface area contributed by atoms with Gasteiger partial charge in [0.1, 0.15) is 5.54 Å². The fourth-order valence-electron chi connectivity index (χ4n) is 2.83. The third-order valence-electron chi connectivity index (χ3n) is 4.43. The molecule has 0 amide bonds. The number of carbonyl (C=O) groups is 2. The fourth-order valence-corrected chi connectivity index (χ4v) is 2.83. The predicted octanol–water partition coefficient (Wildman–Crippen LogP) is 2.13. The van der Waals surface area contributed by atoms with Crippen molar-refractivity contribution in [3.8, 4) is 0 Å². The minimum absolute atomic E-state index is 0.210. The van der Waals surface area contributed by atoms with Gasteiger partial charge in [-0.15, -0.1) is 0 Å². The summed E-state index contributed by atoms with van der Waals surface area (Å²) in [6.07, 6.45) is 0. The van der Waals surface area contributed by atoms with Crippen LogP contribution in [0.1, 0.15) is 24.2 Å². The van der Waals surface area contributed by atoms with Crippen LogP contribution in [0.4, 0.5) is 8.78 Å². The number of carbonyl (C=O) groups excluding carboxylic acids is 2. The Hall–Kier alpha value is -3.62. The number of hydrogen-bond acceptors (Lipinski definition) is 5. The molecule has 9 heteroatoms. The number of benzene rings is 2. The van der Waals surface area contributed by atoms with E-state index in [0.717, 1.165) is 0 Å². The van der Waals surface area contributed by atoms with Crippen LogP contribution < -0.4 is 11.2 Å². The van der Waals surface area contributed by atoms with E-state index >= 15 is 0 Å². The van der Waals surface area contributed by atoms with Crippen LogP contribution in [-0.2, 0) is 15.1 Å². The molecule has 0 unspecified atom stereocenters. The first kappa shape index (κ1) is 20.1. The summed E-state index contributed by atoms with van der Waals surface area (Å²) in [7, 11) is 0. The minimum atomic E-state index is -1.82. The molecule has 0 atom stereocenters. The number of aromatic amines is 1. The van der Waals surface area contributed by atoms with Gasteiger partial charge in [0, 0.05) is 11.6 Å². The molecule has 2 aromatic carbocycles. The molecule has 3 aromatic rings. The van der Waals surface area contributed by atoms with Crippen LogP contribution in [0.15, 0.2) is 52.1 Å². The van der Waals surface area contributed by atoms with Gasteiger partial charge in [-0.05, 0) is 19.9 Å². The van der Waals surface area contributed by atoms with Crippen molar-refractivity contribution >= 4 is 22.7 Å². The zero-order valence-corrected chi connectivity index (χ0v) is 15.5. The molecule has 29 heavy (non-hydrogen) atoms. The Morgan fingerprint density at radius 2 is 1.69 bits per heavy atom. The third kappa shape index (κ3) is 3.71. The van der Waals surface area contributed by atoms with E-state index in [1.54, 1.807) is 30.3 Å². The summed E-state index contributed by atoms with van der Waals surface area (Å²) in [4.78, 5) is 52.0. The van der Waals surface area contributed by atoms with Crippen molar-refractivity contribution in [3.05, 3.63) is 80.5 Å². The largest absolute Gasteiger partial charge is 0.456 e. The van der Waals surface area contributed by atoms with Gasteiger partial charge in [-0.25, -0.2) is 22.9 Å². The summed E-state index contributed by atoms with van der Waals surface area (Å²) in [5.74, 6) is -3.99. The highest BCUT2D eigenvalue weighted by Crippen LogP contribution is 2.17. The highest BCUT2D eigenvalue weighted by molar-refractivity contribution is 5.98. The molecule has 0 aliphatic carbocycles. The molecule has 1 N–H and O–H groups in total. The Kier molecular flexibility index (Phi) is 5.15. The maximum absolute atomic E-state index is 13.5. The van der Waals surface area contributed by atoms with E-state index in [2.05, 4.69) is 4.98 Å².